The minimum atomic E-state index is -1.20. The third-order valence-electron chi connectivity index (χ3n) is 8.36. The van der Waals surface area contributed by atoms with Crippen molar-refractivity contribution in [1.82, 2.24) is 26.2 Å². The summed E-state index contributed by atoms with van der Waals surface area (Å²) in [4.78, 5) is 69.1. The molecule has 5 amide bonds. The molecule has 11 nitrogen and oxygen atoms in total. The second-order valence-electron chi connectivity index (χ2n) is 11.7. The van der Waals surface area contributed by atoms with Crippen LogP contribution in [0.1, 0.15) is 47.2 Å². The first-order valence-corrected chi connectivity index (χ1v) is 16.1. The standard InChI is InChI=1S/C36H41N5O6/c42-32-24-29(35(45)38-20-18-25-11-3-1-4-12-25)39-33(43)27-15-7-8-17-31(27)47-22-10-19-37-34(44)28(23-26-13-5-2-6-14-26)40-36(46)30-16-9-21-41(30)32/h1-8,11-15,17,28-30H,9-10,16,18-24H2,(H,37,44)(H,38,45)(H,39,43)(H,40,46)/t28-,29-,30+/m0/s1. The van der Waals surface area contributed by atoms with Crippen molar-refractivity contribution in [3.05, 3.63) is 102 Å². The fourth-order valence-corrected chi connectivity index (χ4v) is 5.87. The molecule has 246 valence electrons. The van der Waals surface area contributed by atoms with Gasteiger partial charge in [0.05, 0.1) is 18.6 Å². The van der Waals surface area contributed by atoms with Gasteiger partial charge in [-0.2, -0.15) is 0 Å². The molecule has 0 aliphatic carbocycles. The van der Waals surface area contributed by atoms with E-state index in [0.29, 0.717) is 44.5 Å². The van der Waals surface area contributed by atoms with E-state index in [9.17, 15) is 24.0 Å². The number of fused-ring (bicyclic) bond motifs is 2. The molecule has 0 radical (unpaired) electrons. The molecule has 0 aromatic heterocycles. The van der Waals surface area contributed by atoms with Crippen LogP contribution in [0.5, 0.6) is 5.75 Å². The Hall–Kier alpha value is -5.19. The Balaban J connectivity index is 1.38. The smallest absolute Gasteiger partial charge is 0.255 e. The molecule has 11 heteroatoms. The van der Waals surface area contributed by atoms with Crippen LogP contribution < -0.4 is 26.0 Å². The molecule has 0 spiro atoms. The van der Waals surface area contributed by atoms with Crippen molar-refractivity contribution in [2.75, 3.05) is 26.2 Å². The topological polar surface area (TPSA) is 146 Å². The van der Waals surface area contributed by atoms with Crippen molar-refractivity contribution < 1.29 is 28.7 Å². The molecule has 3 atom stereocenters. The highest BCUT2D eigenvalue weighted by Gasteiger charge is 2.38. The Bertz CT molecular complexity index is 1550. The first-order valence-electron chi connectivity index (χ1n) is 16.1. The van der Waals surface area contributed by atoms with Crippen molar-refractivity contribution >= 4 is 29.5 Å². The molecule has 2 aliphatic heterocycles. The van der Waals surface area contributed by atoms with Crippen LogP contribution in [-0.4, -0.2) is 78.8 Å². The van der Waals surface area contributed by atoms with Crippen LogP contribution in [-0.2, 0) is 32.0 Å². The molecule has 3 aromatic carbocycles. The van der Waals surface area contributed by atoms with E-state index in [0.717, 1.165) is 11.1 Å². The second-order valence-corrected chi connectivity index (χ2v) is 11.7. The van der Waals surface area contributed by atoms with E-state index in [4.69, 9.17) is 4.74 Å². The molecular weight excluding hydrogens is 598 g/mol. The average Bonchev–Trinajstić information content (AvgIpc) is 3.59. The number of para-hydroxylation sites is 1. The molecule has 2 heterocycles. The van der Waals surface area contributed by atoms with Crippen LogP contribution in [0.25, 0.3) is 0 Å². The van der Waals surface area contributed by atoms with Gasteiger partial charge in [0.2, 0.25) is 23.6 Å². The van der Waals surface area contributed by atoms with Gasteiger partial charge in [-0.3, -0.25) is 24.0 Å². The summed E-state index contributed by atoms with van der Waals surface area (Å²) in [7, 11) is 0. The lowest BCUT2D eigenvalue weighted by Crippen LogP contribution is -2.55. The number of carbonyl (C=O) groups excluding carboxylic acids is 5. The maximum absolute atomic E-state index is 13.7. The third-order valence-corrected chi connectivity index (χ3v) is 8.36. The summed E-state index contributed by atoms with van der Waals surface area (Å²) >= 11 is 0. The largest absolute Gasteiger partial charge is 0.493 e. The zero-order valence-corrected chi connectivity index (χ0v) is 26.3. The maximum atomic E-state index is 13.7. The summed E-state index contributed by atoms with van der Waals surface area (Å²) in [5.41, 5.74) is 2.13. The van der Waals surface area contributed by atoms with Crippen LogP contribution in [0.4, 0.5) is 0 Å². The lowest BCUT2D eigenvalue weighted by atomic mass is 10.0. The van der Waals surface area contributed by atoms with Crippen molar-refractivity contribution in [2.24, 2.45) is 0 Å². The number of hydrogen-bond acceptors (Lipinski definition) is 6. The number of ether oxygens (including phenoxy) is 1. The van der Waals surface area contributed by atoms with E-state index in [1.54, 1.807) is 24.3 Å². The van der Waals surface area contributed by atoms with Gasteiger partial charge < -0.3 is 30.9 Å². The summed E-state index contributed by atoms with van der Waals surface area (Å²) in [6, 6.07) is 22.9. The molecule has 0 bridgehead atoms. The quantitative estimate of drug-likeness (QED) is 0.325. The van der Waals surface area contributed by atoms with Gasteiger partial charge in [-0.05, 0) is 48.9 Å². The van der Waals surface area contributed by atoms with Gasteiger partial charge in [0, 0.05) is 26.1 Å². The van der Waals surface area contributed by atoms with Gasteiger partial charge in [-0.1, -0.05) is 72.8 Å². The fourth-order valence-electron chi connectivity index (χ4n) is 5.87. The average molecular weight is 640 g/mol. The minimum absolute atomic E-state index is 0.208. The van der Waals surface area contributed by atoms with Crippen LogP contribution in [0, 0.1) is 0 Å². The molecule has 1 fully saturated rings. The lowest BCUT2D eigenvalue weighted by molar-refractivity contribution is -0.140. The summed E-state index contributed by atoms with van der Waals surface area (Å²) in [6.45, 7) is 1.12. The molecule has 5 rings (SSSR count). The highest BCUT2D eigenvalue weighted by atomic mass is 16.5. The van der Waals surface area contributed by atoms with E-state index in [-0.39, 0.29) is 37.5 Å². The van der Waals surface area contributed by atoms with Gasteiger partial charge in [-0.15, -0.1) is 0 Å². The summed E-state index contributed by atoms with van der Waals surface area (Å²) in [5.74, 6) is -1.97. The number of carbonyl (C=O) groups is 5. The molecule has 0 unspecified atom stereocenters. The molecule has 2 aliphatic rings. The summed E-state index contributed by atoms with van der Waals surface area (Å²) in [5, 5.41) is 11.4. The predicted molar refractivity (Wildman–Crippen MR) is 175 cm³/mol. The zero-order chi connectivity index (χ0) is 33.0. The molecule has 47 heavy (non-hydrogen) atoms. The first kappa shape index (κ1) is 33.2. The molecule has 1 saturated heterocycles. The van der Waals surface area contributed by atoms with E-state index >= 15 is 0 Å². The van der Waals surface area contributed by atoms with Gasteiger partial charge in [0.1, 0.15) is 23.9 Å². The highest BCUT2D eigenvalue weighted by molar-refractivity contribution is 6.01. The predicted octanol–water partition coefficient (Wildman–Crippen LogP) is 2.15. The normalized spacial score (nSPS) is 21.1. The second kappa shape index (κ2) is 16.4. The monoisotopic (exact) mass is 639 g/mol. The SMILES string of the molecule is O=C1N[C@H](C(=O)NCCc2ccccc2)CC(=O)N2CCC[C@@H]2C(=O)N[C@@H](Cc2ccccc2)C(=O)NCCCOc2ccccc21. The number of nitrogens with one attached hydrogen (secondary N) is 4. The highest BCUT2D eigenvalue weighted by Crippen LogP contribution is 2.21. The summed E-state index contributed by atoms with van der Waals surface area (Å²) in [6.07, 6.45) is 1.96. The minimum Gasteiger partial charge on any atom is -0.493 e. The number of benzene rings is 3. The number of hydrogen-bond donors (Lipinski definition) is 4. The Morgan fingerprint density at radius 2 is 1.53 bits per heavy atom. The molecule has 0 saturated carbocycles. The van der Waals surface area contributed by atoms with E-state index in [1.165, 1.54) is 4.90 Å². The number of nitrogens with zero attached hydrogens (tertiary/aromatic N) is 1. The third kappa shape index (κ3) is 9.18. The first-order chi connectivity index (χ1) is 22.9. The van der Waals surface area contributed by atoms with Crippen molar-refractivity contribution in [2.45, 2.75) is 56.7 Å². The maximum Gasteiger partial charge on any atom is 0.255 e. The Morgan fingerprint density at radius 3 is 2.30 bits per heavy atom. The van der Waals surface area contributed by atoms with Crippen molar-refractivity contribution in [3.63, 3.8) is 0 Å². The van der Waals surface area contributed by atoms with Gasteiger partial charge in [-0.25, -0.2) is 0 Å². The van der Waals surface area contributed by atoms with E-state index < -0.39 is 41.8 Å². The Kier molecular flexibility index (Phi) is 11.6. The number of amides is 5. The van der Waals surface area contributed by atoms with Gasteiger partial charge >= 0.3 is 0 Å². The van der Waals surface area contributed by atoms with Crippen molar-refractivity contribution in [1.29, 1.82) is 0 Å². The molecule has 4 N–H and O–H groups in total. The Labute approximate surface area is 274 Å². The van der Waals surface area contributed by atoms with Crippen LogP contribution in [0.15, 0.2) is 84.9 Å². The molecule has 3 aromatic rings. The van der Waals surface area contributed by atoms with E-state index in [2.05, 4.69) is 21.3 Å². The van der Waals surface area contributed by atoms with Crippen LogP contribution >= 0.6 is 0 Å². The molecular formula is C36H41N5O6. The van der Waals surface area contributed by atoms with Gasteiger partial charge in [0.15, 0.2) is 0 Å². The van der Waals surface area contributed by atoms with Crippen molar-refractivity contribution in [3.8, 4) is 5.75 Å². The van der Waals surface area contributed by atoms with Crippen LogP contribution in [0.3, 0.4) is 0 Å². The zero-order valence-electron chi connectivity index (χ0n) is 26.3. The van der Waals surface area contributed by atoms with Gasteiger partial charge in [0.25, 0.3) is 5.91 Å². The number of rotatable bonds is 6. The Morgan fingerprint density at radius 1 is 0.830 bits per heavy atom. The lowest BCUT2D eigenvalue weighted by Gasteiger charge is -2.28. The fraction of sp³-hybridized carbons (Fsp3) is 0.361. The van der Waals surface area contributed by atoms with Crippen LogP contribution in [0.2, 0.25) is 0 Å². The summed E-state index contributed by atoms with van der Waals surface area (Å²) < 4.78 is 5.91. The van der Waals surface area contributed by atoms with E-state index in [1.807, 2.05) is 60.7 Å².